The molecule has 1 saturated heterocycles. The molecule has 0 atom stereocenters. The molecule has 1 aliphatic rings. The molecule has 1 aromatic heterocycles. The quantitative estimate of drug-likeness (QED) is 0.608. The van der Waals surface area contributed by atoms with Crippen LogP contribution < -0.4 is 4.90 Å². The van der Waals surface area contributed by atoms with E-state index in [0.29, 0.717) is 5.75 Å². The molecule has 0 N–H and O–H groups in total. The molecule has 150 valence electrons. The largest absolute Gasteiger partial charge is 0.368 e. The van der Waals surface area contributed by atoms with Crippen LogP contribution in [-0.2, 0) is 4.79 Å². The van der Waals surface area contributed by atoms with Crippen LogP contribution >= 0.6 is 11.8 Å². The predicted octanol–water partition coefficient (Wildman–Crippen LogP) is 3.33. The van der Waals surface area contributed by atoms with Crippen molar-refractivity contribution in [3.05, 3.63) is 66.0 Å². The Balaban J connectivity index is 1.34. The number of aryl methyl sites for hydroxylation is 2. The van der Waals surface area contributed by atoms with E-state index in [0.717, 1.165) is 42.6 Å². The highest BCUT2D eigenvalue weighted by Crippen LogP contribution is 2.23. The van der Waals surface area contributed by atoms with E-state index in [2.05, 4.69) is 59.3 Å². The van der Waals surface area contributed by atoms with Crippen LogP contribution in [0.25, 0.3) is 5.69 Å². The third kappa shape index (κ3) is 4.45. The van der Waals surface area contributed by atoms with E-state index >= 15 is 0 Å². The summed E-state index contributed by atoms with van der Waals surface area (Å²) in [5.74, 6) is 0.521. The lowest BCUT2D eigenvalue weighted by Gasteiger charge is -2.36. The van der Waals surface area contributed by atoms with Gasteiger partial charge in [0.25, 0.3) is 0 Å². The fourth-order valence-corrected chi connectivity index (χ4v) is 4.40. The van der Waals surface area contributed by atoms with Gasteiger partial charge < -0.3 is 9.80 Å². The first-order valence-electron chi connectivity index (χ1n) is 9.80. The molecule has 0 unspecified atom stereocenters. The van der Waals surface area contributed by atoms with Crippen LogP contribution in [0.1, 0.15) is 11.1 Å². The summed E-state index contributed by atoms with van der Waals surface area (Å²) in [7, 11) is 0. The van der Waals surface area contributed by atoms with Gasteiger partial charge in [0.1, 0.15) is 6.33 Å². The number of hydrogen-bond donors (Lipinski definition) is 0. The lowest BCUT2D eigenvalue weighted by molar-refractivity contribution is -0.128. The molecule has 1 amide bonds. The SMILES string of the molecule is Cc1cccc(N2CCN(C(=O)CSc3nncn3-c3ccccc3C)CC2)c1. The van der Waals surface area contributed by atoms with Gasteiger partial charge in [0.05, 0.1) is 11.4 Å². The number of benzene rings is 2. The number of carbonyl (C=O) groups is 1. The molecule has 1 aliphatic heterocycles. The fourth-order valence-electron chi connectivity index (χ4n) is 3.58. The molecule has 1 fully saturated rings. The Labute approximate surface area is 175 Å². The number of para-hydroxylation sites is 1. The predicted molar refractivity (Wildman–Crippen MR) is 117 cm³/mol. The van der Waals surface area contributed by atoms with E-state index in [1.165, 1.54) is 23.0 Å². The molecule has 7 heteroatoms. The summed E-state index contributed by atoms with van der Waals surface area (Å²) in [6.07, 6.45) is 1.70. The van der Waals surface area contributed by atoms with Crippen LogP contribution in [0.2, 0.25) is 0 Å². The summed E-state index contributed by atoms with van der Waals surface area (Å²) < 4.78 is 1.95. The topological polar surface area (TPSA) is 54.3 Å². The first-order chi connectivity index (χ1) is 14.1. The summed E-state index contributed by atoms with van der Waals surface area (Å²) in [5.41, 5.74) is 4.68. The molecule has 0 saturated carbocycles. The first-order valence-corrected chi connectivity index (χ1v) is 10.8. The summed E-state index contributed by atoms with van der Waals surface area (Å²) in [6.45, 7) is 7.38. The van der Waals surface area contributed by atoms with Crippen molar-refractivity contribution in [2.45, 2.75) is 19.0 Å². The van der Waals surface area contributed by atoms with Crippen LogP contribution in [0.5, 0.6) is 0 Å². The van der Waals surface area contributed by atoms with Crippen LogP contribution in [-0.4, -0.2) is 57.5 Å². The number of nitrogens with zero attached hydrogens (tertiary/aromatic N) is 5. The molecule has 4 rings (SSSR count). The molecule has 0 spiro atoms. The van der Waals surface area contributed by atoms with Crippen molar-refractivity contribution < 1.29 is 4.79 Å². The Morgan fingerprint density at radius 1 is 1.03 bits per heavy atom. The van der Waals surface area contributed by atoms with Gasteiger partial charge in [-0.15, -0.1) is 10.2 Å². The molecule has 2 heterocycles. The zero-order chi connectivity index (χ0) is 20.2. The number of thioether (sulfide) groups is 1. The summed E-state index contributed by atoms with van der Waals surface area (Å²) >= 11 is 1.44. The summed E-state index contributed by atoms with van der Waals surface area (Å²) in [5, 5.41) is 8.99. The van der Waals surface area contributed by atoms with Crippen molar-refractivity contribution in [3.8, 4) is 5.69 Å². The van der Waals surface area contributed by atoms with Gasteiger partial charge in [0.2, 0.25) is 5.91 Å². The highest BCUT2D eigenvalue weighted by atomic mass is 32.2. The molecule has 29 heavy (non-hydrogen) atoms. The van der Waals surface area contributed by atoms with Crippen LogP contribution in [0.3, 0.4) is 0 Å². The Morgan fingerprint density at radius 3 is 2.59 bits per heavy atom. The minimum absolute atomic E-state index is 0.151. The Hall–Kier alpha value is -2.80. The van der Waals surface area contributed by atoms with Gasteiger partial charge in [0, 0.05) is 31.9 Å². The molecule has 3 aromatic rings. The number of amides is 1. The molecule has 0 radical (unpaired) electrons. The van der Waals surface area contributed by atoms with Crippen molar-refractivity contribution >= 4 is 23.4 Å². The average Bonchev–Trinajstić information content (AvgIpc) is 3.21. The van der Waals surface area contributed by atoms with Gasteiger partial charge in [-0.2, -0.15) is 0 Å². The van der Waals surface area contributed by atoms with Crippen molar-refractivity contribution in [2.75, 3.05) is 36.8 Å². The van der Waals surface area contributed by atoms with E-state index in [9.17, 15) is 4.79 Å². The van der Waals surface area contributed by atoms with Crippen molar-refractivity contribution in [1.82, 2.24) is 19.7 Å². The maximum Gasteiger partial charge on any atom is 0.233 e. The molecule has 0 aliphatic carbocycles. The number of rotatable bonds is 5. The molecule has 0 bridgehead atoms. The van der Waals surface area contributed by atoms with Crippen LogP contribution in [0, 0.1) is 13.8 Å². The Kier molecular flexibility index (Phi) is 5.85. The summed E-state index contributed by atoms with van der Waals surface area (Å²) in [6, 6.07) is 16.6. The van der Waals surface area contributed by atoms with E-state index in [-0.39, 0.29) is 5.91 Å². The van der Waals surface area contributed by atoms with E-state index in [1.807, 2.05) is 27.7 Å². The average molecular weight is 408 g/mol. The monoisotopic (exact) mass is 407 g/mol. The maximum atomic E-state index is 12.7. The second kappa shape index (κ2) is 8.69. The number of carbonyl (C=O) groups excluding carboxylic acids is 1. The fraction of sp³-hybridized carbons (Fsp3) is 0.318. The minimum atomic E-state index is 0.151. The van der Waals surface area contributed by atoms with Crippen molar-refractivity contribution in [1.29, 1.82) is 0 Å². The van der Waals surface area contributed by atoms with Crippen molar-refractivity contribution in [3.63, 3.8) is 0 Å². The lowest BCUT2D eigenvalue weighted by Crippen LogP contribution is -2.49. The first kappa shape index (κ1) is 19.5. The van der Waals surface area contributed by atoms with Gasteiger partial charge >= 0.3 is 0 Å². The number of anilines is 1. The smallest absolute Gasteiger partial charge is 0.233 e. The van der Waals surface area contributed by atoms with Crippen LogP contribution in [0.15, 0.2) is 60.0 Å². The second-order valence-corrected chi connectivity index (χ2v) is 8.21. The Morgan fingerprint density at radius 2 is 1.83 bits per heavy atom. The van der Waals surface area contributed by atoms with Gasteiger partial charge in [0.15, 0.2) is 5.16 Å². The standard InChI is InChI=1S/C22H25N5OS/c1-17-6-5-8-19(14-17)25-10-12-26(13-11-25)21(28)15-29-22-24-23-16-27(22)20-9-4-3-7-18(20)2/h3-9,14,16H,10-13,15H2,1-2H3. The molecular formula is C22H25N5OS. The summed E-state index contributed by atoms with van der Waals surface area (Å²) in [4.78, 5) is 17.0. The number of hydrogen-bond acceptors (Lipinski definition) is 5. The third-order valence-corrected chi connectivity index (χ3v) is 6.14. The zero-order valence-corrected chi connectivity index (χ0v) is 17.6. The van der Waals surface area contributed by atoms with Crippen molar-refractivity contribution in [2.24, 2.45) is 0 Å². The second-order valence-electron chi connectivity index (χ2n) is 7.27. The van der Waals surface area contributed by atoms with E-state index in [1.54, 1.807) is 6.33 Å². The van der Waals surface area contributed by atoms with Gasteiger partial charge in [-0.1, -0.05) is 42.1 Å². The molecule has 2 aromatic carbocycles. The maximum absolute atomic E-state index is 12.7. The van der Waals surface area contributed by atoms with E-state index < -0.39 is 0 Å². The zero-order valence-electron chi connectivity index (χ0n) is 16.8. The van der Waals surface area contributed by atoms with Crippen LogP contribution in [0.4, 0.5) is 5.69 Å². The third-order valence-electron chi connectivity index (χ3n) is 5.22. The molecular weight excluding hydrogens is 382 g/mol. The van der Waals surface area contributed by atoms with Gasteiger partial charge in [-0.3, -0.25) is 9.36 Å². The Bertz CT molecular complexity index is 994. The highest BCUT2D eigenvalue weighted by Gasteiger charge is 2.22. The minimum Gasteiger partial charge on any atom is -0.368 e. The van der Waals surface area contributed by atoms with Gasteiger partial charge in [-0.25, -0.2) is 0 Å². The van der Waals surface area contributed by atoms with Gasteiger partial charge in [-0.05, 0) is 43.2 Å². The normalized spacial score (nSPS) is 14.3. The number of aromatic nitrogens is 3. The van der Waals surface area contributed by atoms with E-state index in [4.69, 9.17) is 0 Å². The molecule has 6 nitrogen and oxygen atoms in total. The highest BCUT2D eigenvalue weighted by molar-refractivity contribution is 7.99. The lowest BCUT2D eigenvalue weighted by atomic mass is 10.2. The number of piperazine rings is 1.